The first-order valence-electron chi connectivity index (χ1n) is 10.1. The molecule has 6 nitrogen and oxygen atoms in total. The molecule has 2 bridgehead atoms. The number of hydrogen-bond donors (Lipinski definition) is 2. The molecule has 5 rings (SSSR count). The van der Waals surface area contributed by atoms with Crippen LogP contribution in [0.25, 0.3) is 0 Å². The number of amides is 3. The van der Waals surface area contributed by atoms with Crippen molar-refractivity contribution in [3.05, 3.63) is 87.9 Å². The summed E-state index contributed by atoms with van der Waals surface area (Å²) in [5.74, 6) is -0.358. The van der Waals surface area contributed by atoms with Crippen molar-refractivity contribution in [3.8, 4) is 5.75 Å². The first-order chi connectivity index (χ1) is 15.4. The van der Waals surface area contributed by atoms with Crippen LogP contribution in [0.3, 0.4) is 0 Å². The van der Waals surface area contributed by atoms with E-state index in [1.807, 2.05) is 48.5 Å². The number of urea groups is 1. The largest absolute Gasteiger partial charge is 0.466 e. The van der Waals surface area contributed by atoms with Gasteiger partial charge in [-0.05, 0) is 61.5 Å². The van der Waals surface area contributed by atoms with Gasteiger partial charge in [0.05, 0.1) is 6.04 Å². The SMILES string of the molecule is C[C@@]12Oc3ccccc3[C@@H](NC(=O)N1c1ccc(Br)cc1)[C@H]2C(=O)Nc1ccc(Cl)cc1. The summed E-state index contributed by atoms with van der Waals surface area (Å²) in [5.41, 5.74) is 0.743. The van der Waals surface area contributed by atoms with Gasteiger partial charge in [-0.25, -0.2) is 4.79 Å². The van der Waals surface area contributed by atoms with Gasteiger partial charge in [0.1, 0.15) is 11.7 Å². The number of rotatable bonds is 3. The average Bonchev–Trinajstić information content (AvgIpc) is 2.76. The number of halogens is 2. The highest BCUT2D eigenvalue weighted by Crippen LogP contribution is 2.49. The Hall–Kier alpha value is -3.03. The molecule has 2 N–H and O–H groups in total. The average molecular weight is 513 g/mol. The summed E-state index contributed by atoms with van der Waals surface area (Å²) in [4.78, 5) is 28.4. The number of ether oxygens (including phenoxy) is 1. The lowest BCUT2D eigenvalue weighted by molar-refractivity contribution is -0.131. The number of anilines is 2. The molecule has 3 amide bonds. The molecule has 0 spiro atoms. The molecule has 0 aliphatic carbocycles. The summed E-state index contributed by atoms with van der Waals surface area (Å²) < 4.78 is 7.30. The van der Waals surface area contributed by atoms with Gasteiger partial charge in [0.2, 0.25) is 11.6 Å². The Balaban J connectivity index is 1.60. The van der Waals surface area contributed by atoms with Crippen molar-refractivity contribution < 1.29 is 14.3 Å². The zero-order valence-corrected chi connectivity index (χ0v) is 19.4. The lowest BCUT2D eigenvalue weighted by Gasteiger charge is -2.54. The minimum Gasteiger partial charge on any atom is -0.466 e. The Labute approximate surface area is 198 Å². The van der Waals surface area contributed by atoms with Crippen LogP contribution in [-0.2, 0) is 4.79 Å². The molecule has 0 radical (unpaired) electrons. The highest BCUT2D eigenvalue weighted by atomic mass is 79.9. The van der Waals surface area contributed by atoms with E-state index in [1.54, 1.807) is 31.2 Å². The van der Waals surface area contributed by atoms with E-state index in [1.165, 1.54) is 4.90 Å². The van der Waals surface area contributed by atoms with Crippen LogP contribution in [0.2, 0.25) is 5.02 Å². The third-order valence-corrected chi connectivity index (χ3v) is 6.67. The van der Waals surface area contributed by atoms with Gasteiger partial charge in [-0.3, -0.25) is 9.69 Å². The van der Waals surface area contributed by atoms with Crippen molar-refractivity contribution in [2.24, 2.45) is 5.92 Å². The van der Waals surface area contributed by atoms with Crippen molar-refractivity contribution in [3.63, 3.8) is 0 Å². The predicted molar refractivity (Wildman–Crippen MR) is 127 cm³/mol. The maximum absolute atomic E-state index is 13.6. The van der Waals surface area contributed by atoms with Gasteiger partial charge in [0, 0.05) is 26.4 Å². The molecule has 0 aromatic heterocycles. The molecule has 2 aliphatic rings. The Kier molecular flexibility index (Phi) is 5.10. The van der Waals surface area contributed by atoms with Gasteiger partial charge in [0.25, 0.3) is 0 Å². The van der Waals surface area contributed by atoms with E-state index < -0.39 is 17.7 Å². The number of carbonyl (C=O) groups excluding carboxylic acids is 2. The van der Waals surface area contributed by atoms with Crippen LogP contribution in [0.1, 0.15) is 18.5 Å². The van der Waals surface area contributed by atoms with Gasteiger partial charge >= 0.3 is 6.03 Å². The van der Waals surface area contributed by atoms with Gasteiger partial charge in [-0.2, -0.15) is 0 Å². The minimum atomic E-state index is -1.26. The Morgan fingerprint density at radius 1 is 1.09 bits per heavy atom. The van der Waals surface area contributed by atoms with Crippen LogP contribution in [0.15, 0.2) is 77.3 Å². The van der Waals surface area contributed by atoms with E-state index in [0.29, 0.717) is 22.1 Å². The molecular weight excluding hydrogens is 494 g/mol. The van der Waals surface area contributed by atoms with E-state index in [2.05, 4.69) is 26.6 Å². The van der Waals surface area contributed by atoms with Gasteiger partial charge in [0.15, 0.2) is 0 Å². The summed E-state index contributed by atoms with van der Waals surface area (Å²) in [6.45, 7) is 1.78. The fourth-order valence-corrected chi connectivity index (χ4v) is 4.85. The number of benzene rings is 3. The number of fused-ring (bicyclic) bond motifs is 4. The fraction of sp³-hybridized carbons (Fsp3) is 0.167. The van der Waals surface area contributed by atoms with Crippen molar-refractivity contribution in [2.45, 2.75) is 18.7 Å². The number of nitrogens with one attached hydrogen (secondary N) is 2. The van der Waals surface area contributed by atoms with E-state index in [4.69, 9.17) is 16.3 Å². The topological polar surface area (TPSA) is 70.7 Å². The number of hydrogen-bond acceptors (Lipinski definition) is 3. The molecule has 0 saturated carbocycles. The molecule has 3 atom stereocenters. The molecule has 3 aromatic carbocycles. The zero-order chi connectivity index (χ0) is 22.5. The molecule has 1 saturated heterocycles. The first kappa shape index (κ1) is 20.8. The van der Waals surface area contributed by atoms with Crippen LogP contribution in [-0.4, -0.2) is 17.7 Å². The first-order valence-corrected chi connectivity index (χ1v) is 11.2. The highest BCUT2D eigenvalue weighted by Gasteiger charge is 2.60. The molecule has 2 heterocycles. The second-order valence-corrected chi connectivity index (χ2v) is 9.26. The molecular formula is C24H19BrClN3O3. The number of nitrogens with zero attached hydrogens (tertiary/aromatic N) is 1. The van der Waals surface area contributed by atoms with Gasteiger partial charge in [-0.1, -0.05) is 45.7 Å². The van der Waals surface area contributed by atoms with Crippen LogP contribution >= 0.6 is 27.5 Å². The zero-order valence-electron chi connectivity index (χ0n) is 17.0. The van der Waals surface area contributed by atoms with E-state index in [-0.39, 0.29) is 11.9 Å². The quantitative estimate of drug-likeness (QED) is 0.470. The van der Waals surface area contributed by atoms with Gasteiger partial charge < -0.3 is 15.4 Å². The van der Waals surface area contributed by atoms with E-state index >= 15 is 0 Å². The third-order valence-electron chi connectivity index (χ3n) is 5.89. The van der Waals surface area contributed by atoms with Crippen LogP contribution in [0.5, 0.6) is 5.75 Å². The minimum absolute atomic E-state index is 0.267. The molecule has 2 aliphatic heterocycles. The lowest BCUT2D eigenvalue weighted by atomic mass is 9.78. The predicted octanol–water partition coefficient (Wildman–Crippen LogP) is 5.74. The monoisotopic (exact) mass is 511 g/mol. The molecule has 162 valence electrons. The molecule has 32 heavy (non-hydrogen) atoms. The fourth-order valence-electron chi connectivity index (χ4n) is 4.46. The van der Waals surface area contributed by atoms with E-state index in [9.17, 15) is 9.59 Å². The van der Waals surface area contributed by atoms with Crippen LogP contribution in [0.4, 0.5) is 16.2 Å². The van der Waals surface area contributed by atoms with Crippen LogP contribution < -0.4 is 20.3 Å². The summed E-state index contributed by atoms with van der Waals surface area (Å²) in [5, 5.41) is 6.57. The standard InChI is InChI=1S/C24H19BrClN3O3/c1-24-20(22(30)27-16-10-8-15(26)9-11-16)21(18-4-2-3-5-19(18)32-24)28-23(31)29(24)17-12-6-14(25)7-13-17/h2-13,20-21H,1H3,(H,27,30)(H,28,31)/t20-,21+,24-/m0/s1. The highest BCUT2D eigenvalue weighted by molar-refractivity contribution is 9.10. The summed E-state index contributed by atoms with van der Waals surface area (Å²) >= 11 is 9.40. The summed E-state index contributed by atoms with van der Waals surface area (Å²) in [6.07, 6.45) is 0. The summed E-state index contributed by atoms with van der Waals surface area (Å²) in [7, 11) is 0. The smallest absolute Gasteiger partial charge is 0.325 e. The second kappa shape index (κ2) is 7.83. The van der Waals surface area contributed by atoms with Crippen molar-refractivity contribution in [1.29, 1.82) is 0 Å². The van der Waals surface area contributed by atoms with Gasteiger partial charge in [-0.15, -0.1) is 0 Å². The molecule has 8 heteroatoms. The van der Waals surface area contributed by atoms with E-state index in [0.717, 1.165) is 10.0 Å². The summed E-state index contributed by atoms with van der Waals surface area (Å²) in [6, 6.07) is 20.8. The Morgan fingerprint density at radius 3 is 2.50 bits per heavy atom. The second-order valence-electron chi connectivity index (χ2n) is 7.91. The normalized spacial score (nSPS) is 23.6. The molecule has 3 aromatic rings. The third kappa shape index (κ3) is 3.42. The Bertz CT molecular complexity index is 1200. The number of carbonyl (C=O) groups is 2. The van der Waals surface area contributed by atoms with Crippen molar-refractivity contribution in [2.75, 3.05) is 10.2 Å². The molecule has 0 unspecified atom stereocenters. The Morgan fingerprint density at radius 2 is 1.78 bits per heavy atom. The molecule has 1 fully saturated rings. The number of para-hydroxylation sites is 1. The van der Waals surface area contributed by atoms with Crippen LogP contribution in [0, 0.1) is 5.92 Å². The lowest BCUT2D eigenvalue weighted by Crippen LogP contribution is -2.72. The maximum atomic E-state index is 13.6. The maximum Gasteiger partial charge on any atom is 0.325 e. The van der Waals surface area contributed by atoms with Crippen molar-refractivity contribution >= 4 is 50.8 Å². The van der Waals surface area contributed by atoms with Crippen molar-refractivity contribution in [1.82, 2.24) is 5.32 Å².